The summed E-state index contributed by atoms with van der Waals surface area (Å²) in [6.45, 7) is 12.3. The highest BCUT2D eigenvalue weighted by Gasteiger charge is 2.39. The zero-order valence-corrected chi connectivity index (χ0v) is 10.9. The number of nitrogens with one attached hydrogen (secondary N) is 2. The summed E-state index contributed by atoms with van der Waals surface area (Å²) in [6.07, 6.45) is 0. The number of benzene rings is 1. The summed E-state index contributed by atoms with van der Waals surface area (Å²) in [5.41, 5.74) is 4.02. The lowest BCUT2D eigenvalue weighted by Gasteiger charge is -2.41. The molecule has 2 rings (SSSR count). The van der Waals surface area contributed by atoms with Gasteiger partial charge >= 0.3 is 0 Å². The number of hydrogen-bond acceptors (Lipinski definition) is 2. The van der Waals surface area contributed by atoms with Gasteiger partial charge in [-0.1, -0.05) is 19.9 Å². The van der Waals surface area contributed by atoms with Crippen LogP contribution in [0.5, 0.6) is 0 Å². The molecular weight excluding hydrogens is 196 g/mol. The number of hydrogen-bond donors (Lipinski definition) is 2. The van der Waals surface area contributed by atoms with Crippen molar-refractivity contribution in [3.63, 3.8) is 0 Å². The predicted octanol–water partition coefficient (Wildman–Crippen LogP) is 3.64. The summed E-state index contributed by atoms with van der Waals surface area (Å²) < 4.78 is 0. The number of rotatable bonds is 0. The van der Waals surface area contributed by atoms with Gasteiger partial charge in [0.1, 0.15) is 0 Å². The van der Waals surface area contributed by atoms with Crippen molar-refractivity contribution >= 4 is 11.4 Å². The largest absolute Gasteiger partial charge is 0.383 e. The van der Waals surface area contributed by atoms with Gasteiger partial charge in [0.25, 0.3) is 0 Å². The molecule has 0 spiro atoms. The minimum Gasteiger partial charge on any atom is -0.383 e. The third-order valence-corrected chi connectivity index (χ3v) is 4.03. The Kier molecular flexibility index (Phi) is 2.41. The van der Waals surface area contributed by atoms with Crippen LogP contribution in [0, 0.1) is 12.3 Å². The molecule has 0 atom stereocenters. The van der Waals surface area contributed by atoms with E-state index in [2.05, 4.69) is 63.5 Å². The second-order valence-corrected chi connectivity index (χ2v) is 6.04. The molecule has 1 aliphatic heterocycles. The number of anilines is 2. The van der Waals surface area contributed by atoms with Crippen molar-refractivity contribution in [3.8, 4) is 0 Å². The van der Waals surface area contributed by atoms with Crippen LogP contribution in [0.4, 0.5) is 11.4 Å². The molecule has 2 heteroatoms. The highest BCUT2D eigenvalue weighted by atomic mass is 15.1. The van der Waals surface area contributed by atoms with Crippen molar-refractivity contribution < 1.29 is 0 Å². The highest BCUT2D eigenvalue weighted by molar-refractivity contribution is 5.71. The van der Waals surface area contributed by atoms with E-state index in [0.29, 0.717) is 0 Å². The van der Waals surface area contributed by atoms with Crippen LogP contribution >= 0.6 is 0 Å². The topological polar surface area (TPSA) is 24.1 Å². The minimum absolute atomic E-state index is 0.0824. The SMILES string of the molecule is Cc1ccc2c(c1)NC(C)(C)C(C)(C)CN2. The van der Waals surface area contributed by atoms with Crippen LogP contribution in [-0.2, 0) is 0 Å². The molecule has 1 aromatic rings. The molecule has 0 aliphatic carbocycles. The number of aryl methyl sites for hydroxylation is 1. The van der Waals surface area contributed by atoms with Gasteiger partial charge in [0.05, 0.1) is 11.4 Å². The molecule has 1 aliphatic rings. The molecule has 88 valence electrons. The zero-order valence-electron chi connectivity index (χ0n) is 10.9. The first-order valence-corrected chi connectivity index (χ1v) is 5.95. The fourth-order valence-electron chi connectivity index (χ4n) is 1.96. The fraction of sp³-hybridized carbons (Fsp3) is 0.571. The molecule has 0 bridgehead atoms. The van der Waals surface area contributed by atoms with Crippen LogP contribution in [0.25, 0.3) is 0 Å². The second-order valence-electron chi connectivity index (χ2n) is 6.04. The minimum atomic E-state index is 0.0824. The average Bonchev–Trinajstić information content (AvgIpc) is 2.22. The van der Waals surface area contributed by atoms with Crippen LogP contribution in [0.15, 0.2) is 18.2 Å². The van der Waals surface area contributed by atoms with Crippen molar-refractivity contribution in [1.29, 1.82) is 0 Å². The Morgan fingerprint density at radius 2 is 1.75 bits per heavy atom. The summed E-state index contributed by atoms with van der Waals surface area (Å²) in [5, 5.41) is 7.20. The van der Waals surface area contributed by atoms with Crippen LogP contribution in [0.1, 0.15) is 33.3 Å². The molecule has 1 heterocycles. The van der Waals surface area contributed by atoms with E-state index in [9.17, 15) is 0 Å². The Hall–Kier alpha value is -1.18. The maximum Gasteiger partial charge on any atom is 0.0582 e. The van der Waals surface area contributed by atoms with E-state index < -0.39 is 0 Å². The third kappa shape index (κ3) is 1.77. The first-order valence-electron chi connectivity index (χ1n) is 5.95. The summed E-state index contributed by atoms with van der Waals surface area (Å²) >= 11 is 0. The standard InChI is InChI=1S/C14H22N2/c1-10-6-7-11-12(8-10)16-14(4,5)13(2,3)9-15-11/h6-8,15-16H,9H2,1-5H3. The Morgan fingerprint density at radius 3 is 2.44 bits per heavy atom. The monoisotopic (exact) mass is 218 g/mol. The van der Waals surface area contributed by atoms with Gasteiger partial charge in [-0.3, -0.25) is 0 Å². The van der Waals surface area contributed by atoms with Crippen molar-refractivity contribution in [3.05, 3.63) is 23.8 Å². The Labute approximate surface area is 98.4 Å². The van der Waals surface area contributed by atoms with E-state index in [4.69, 9.17) is 0 Å². The van der Waals surface area contributed by atoms with Crippen molar-refractivity contribution in [2.75, 3.05) is 17.2 Å². The van der Waals surface area contributed by atoms with Gasteiger partial charge < -0.3 is 10.6 Å². The van der Waals surface area contributed by atoms with E-state index in [0.717, 1.165) is 6.54 Å². The normalized spacial score (nSPS) is 21.3. The lowest BCUT2D eigenvalue weighted by Crippen LogP contribution is -2.47. The lowest BCUT2D eigenvalue weighted by molar-refractivity contribution is 0.245. The molecule has 0 unspecified atom stereocenters. The van der Waals surface area contributed by atoms with Crippen LogP contribution in [0.2, 0.25) is 0 Å². The molecule has 0 amide bonds. The highest BCUT2D eigenvalue weighted by Crippen LogP contribution is 2.39. The lowest BCUT2D eigenvalue weighted by atomic mass is 9.74. The number of fused-ring (bicyclic) bond motifs is 1. The van der Waals surface area contributed by atoms with Gasteiger partial charge in [-0.05, 0) is 38.5 Å². The van der Waals surface area contributed by atoms with E-state index in [1.807, 2.05) is 0 Å². The van der Waals surface area contributed by atoms with Gasteiger partial charge in [-0.25, -0.2) is 0 Å². The molecule has 0 fully saturated rings. The molecule has 16 heavy (non-hydrogen) atoms. The van der Waals surface area contributed by atoms with Crippen LogP contribution in [0.3, 0.4) is 0 Å². The van der Waals surface area contributed by atoms with Crippen molar-refractivity contribution in [2.24, 2.45) is 5.41 Å². The van der Waals surface area contributed by atoms with Crippen molar-refractivity contribution in [1.82, 2.24) is 0 Å². The van der Waals surface area contributed by atoms with Gasteiger partial charge in [-0.15, -0.1) is 0 Å². The van der Waals surface area contributed by atoms with Gasteiger partial charge in [0.2, 0.25) is 0 Å². The summed E-state index contributed by atoms with van der Waals surface area (Å²) in [5.74, 6) is 0. The van der Waals surface area contributed by atoms with Crippen LogP contribution < -0.4 is 10.6 Å². The Balaban J connectivity index is 2.44. The van der Waals surface area contributed by atoms with E-state index in [-0.39, 0.29) is 11.0 Å². The molecule has 0 aromatic heterocycles. The molecule has 0 radical (unpaired) electrons. The molecular formula is C14H22N2. The van der Waals surface area contributed by atoms with Gasteiger partial charge in [0.15, 0.2) is 0 Å². The summed E-state index contributed by atoms with van der Waals surface area (Å²) in [4.78, 5) is 0. The second kappa shape index (κ2) is 3.41. The van der Waals surface area contributed by atoms with Crippen LogP contribution in [-0.4, -0.2) is 12.1 Å². The molecule has 0 saturated carbocycles. The first-order chi connectivity index (χ1) is 7.32. The van der Waals surface area contributed by atoms with Gasteiger partial charge in [0, 0.05) is 17.5 Å². The fourth-order valence-corrected chi connectivity index (χ4v) is 1.96. The quantitative estimate of drug-likeness (QED) is 0.694. The molecule has 0 saturated heterocycles. The van der Waals surface area contributed by atoms with E-state index in [1.165, 1.54) is 16.9 Å². The predicted molar refractivity (Wildman–Crippen MR) is 71.2 cm³/mol. The third-order valence-electron chi connectivity index (χ3n) is 4.03. The van der Waals surface area contributed by atoms with Crippen molar-refractivity contribution in [2.45, 2.75) is 40.2 Å². The molecule has 2 N–H and O–H groups in total. The van der Waals surface area contributed by atoms with Gasteiger partial charge in [-0.2, -0.15) is 0 Å². The summed E-state index contributed by atoms with van der Waals surface area (Å²) in [6, 6.07) is 6.53. The smallest absolute Gasteiger partial charge is 0.0582 e. The maximum atomic E-state index is 3.67. The molecule has 1 aromatic carbocycles. The van der Waals surface area contributed by atoms with E-state index >= 15 is 0 Å². The first kappa shape index (κ1) is 11.3. The Bertz CT molecular complexity index is 405. The Morgan fingerprint density at radius 1 is 1.06 bits per heavy atom. The maximum absolute atomic E-state index is 3.67. The average molecular weight is 218 g/mol. The zero-order chi connectivity index (χ0) is 12.0. The summed E-state index contributed by atoms with van der Waals surface area (Å²) in [7, 11) is 0. The molecule has 2 nitrogen and oxygen atoms in total. The van der Waals surface area contributed by atoms with E-state index in [1.54, 1.807) is 0 Å².